The first kappa shape index (κ1) is 9.24. The van der Waals surface area contributed by atoms with Crippen molar-refractivity contribution in [3.63, 3.8) is 0 Å². The molecule has 1 aliphatic rings. The molecule has 0 bridgehead atoms. The van der Waals surface area contributed by atoms with Gasteiger partial charge in [0.15, 0.2) is 0 Å². The molecular weight excluding hydrogens is 180 g/mol. The molecule has 0 N–H and O–H groups in total. The lowest BCUT2D eigenvalue weighted by Crippen LogP contribution is -2.30. The summed E-state index contributed by atoms with van der Waals surface area (Å²) in [6.07, 6.45) is 5.32. The highest BCUT2D eigenvalue weighted by Crippen LogP contribution is 2.19. The second-order valence-corrected chi connectivity index (χ2v) is 3.63. The third kappa shape index (κ3) is 1.78. The lowest BCUT2D eigenvalue weighted by atomic mass is 10.2. The minimum Gasteiger partial charge on any atom is -0.431 e. The van der Waals surface area contributed by atoms with Gasteiger partial charge in [-0.1, -0.05) is 6.42 Å². The number of aromatic nitrogens is 1. The lowest BCUT2D eigenvalue weighted by Gasteiger charge is -2.14. The van der Waals surface area contributed by atoms with E-state index in [2.05, 4.69) is 4.98 Å². The fourth-order valence-electron chi connectivity index (χ4n) is 1.65. The smallest absolute Gasteiger partial charge is 0.304 e. The van der Waals surface area contributed by atoms with Gasteiger partial charge in [0.1, 0.15) is 6.26 Å². The molecule has 1 saturated heterocycles. The molecule has 1 aromatic heterocycles. The van der Waals surface area contributed by atoms with Crippen LogP contribution in [0.5, 0.6) is 0 Å². The maximum Gasteiger partial charge on any atom is 0.304 e. The van der Waals surface area contributed by atoms with Crippen molar-refractivity contribution in [2.45, 2.75) is 32.6 Å². The van der Waals surface area contributed by atoms with Gasteiger partial charge in [0.25, 0.3) is 0 Å². The molecule has 2 rings (SSSR count). The first-order valence-corrected chi connectivity index (χ1v) is 5.00. The molecule has 76 valence electrons. The number of hydrogen-bond donors (Lipinski definition) is 0. The fourth-order valence-corrected chi connectivity index (χ4v) is 1.65. The summed E-state index contributed by atoms with van der Waals surface area (Å²) >= 11 is 0. The van der Waals surface area contributed by atoms with Crippen LogP contribution in [0.2, 0.25) is 0 Å². The van der Waals surface area contributed by atoms with Crippen molar-refractivity contribution in [3.05, 3.63) is 12.0 Å². The zero-order chi connectivity index (χ0) is 9.97. The summed E-state index contributed by atoms with van der Waals surface area (Å²) in [6.45, 7) is 2.59. The van der Waals surface area contributed by atoms with Crippen molar-refractivity contribution in [1.29, 1.82) is 0 Å². The number of amides is 1. The summed E-state index contributed by atoms with van der Waals surface area (Å²) in [5, 5.41) is 0. The molecule has 0 aliphatic carbocycles. The molecule has 0 unspecified atom stereocenters. The van der Waals surface area contributed by atoms with Crippen LogP contribution in [-0.4, -0.2) is 17.4 Å². The van der Waals surface area contributed by atoms with E-state index in [4.69, 9.17) is 4.42 Å². The highest BCUT2D eigenvalue weighted by atomic mass is 16.4. The Morgan fingerprint density at radius 1 is 1.43 bits per heavy atom. The number of hydrogen-bond acceptors (Lipinski definition) is 3. The van der Waals surface area contributed by atoms with Crippen LogP contribution in [0.1, 0.15) is 31.4 Å². The molecule has 2 heterocycles. The number of aryl methyl sites for hydroxylation is 1. The molecule has 0 saturated carbocycles. The first-order valence-electron chi connectivity index (χ1n) is 5.00. The van der Waals surface area contributed by atoms with Gasteiger partial charge in [0.2, 0.25) is 5.91 Å². The van der Waals surface area contributed by atoms with Gasteiger partial charge < -0.3 is 4.42 Å². The van der Waals surface area contributed by atoms with E-state index in [1.165, 1.54) is 0 Å². The van der Waals surface area contributed by atoms with Gasteiger partial charge in [-0.3, -0.25) is 9.69 Å². The highest BCUT2D eigenvalue weighted by molar-refractivity contribution is 5.91. The van der Waals surface area contributed by atoms with Crippen LogP contribution in [0.15, 0.2) is 10.7 Å². The molecule has 1 aromatic rings. The van der Waals surface area contributed by atoms with Gasteiger partial charge in [0, 0.05) is 13.0 Å². The molecule has 4 heteroatoms. The summed E-state index contributed by atoms with van der Waals surface area (Å²) in [5.74, 6) is 0.129. The number of nitrogens with zero attached hydrogens (tertiary/aromatic N) is 2. The third-order valence-corrected chi connectivity index (χ3v) is 2.41. The van der Waals surface area contributed by atoms with Gasteiger partial charge >= 0.3 is 6.01 Å². The molecule has 4 nitrogen and oxygen atoms in total. The predicted octanol–water partition coefficient (Wildman–Crippen LogP) is 1.89. The van der Waals surface area contributed by atoms with E-state index >= 15 is 0 Å². The minimum atomic E-state index is 0.129. The van der Waals surface area contributed by atoms with Gasteiger partial charge in [-0.2, -0.15) is 4.98 Å². The maximum absolute atomic E-state index is 11.6. The Morgan fingerprint density at radius 2 is 2.29 bits per heavy atom. The highest BCUT2D eigenvalue weighted by Gasteiger charge is 2.21. The number of anilines is 1. The SMILES string of the molecule is Cc1coc(N2CCCCCC2=O)n1. The van der Waals surface area contributed by atoms with Crippen LogP contribution in [-0.2, 0) is 4.79 Å². The average Bonchev–Trinajstić information content (AvgIpc) is 2.46. The van der Waals surface area contributed by atoms with Gasteiger partial charge in [-0.15, -0.1) is 0 Å². The van der Waals surface area contributed by atoms with Crippen molar-refractivity contribution >= 4 is 11.9 Å². The molecule has 0 aromatic carbocycles. The average molecular weight is 194 g/mol. The monoisotopic (exact) mass is 194 g/mol. The van der Waals surface area contributed by atoms with E-state index in [0.29, 0.717) is 12.4 Å². The number of carbonyl (C=O) groups is 1. The zero-order valence-electron chi connectivity index (χ0n) is 8.32. The quantitative estimate of drug-likeness (QED) is 0.685. The fraction of sp³-hybridized carbons (Fsp3) is 0.600. The van der Waals surface area contributed by atoms with Crippen LogP contribution in [0.3, 0.4) is 0 Å². The van der Waals surface area contributed by atoms with E-state index in [9.17, 15) is 4.79 Å². The molecular formula is C10H14N2O2. The molecule has 0 atom stereocenters. The van der Waals surface area contributed by atoms with Gasteiger partial charge in [-0.25, -0.2) is 0 Å². The van der Waals surface area contributed by atoms with Crippen molar-refractivity contribution in [2.24, 2.45) is 0 Å². The topological polar surface area (TPSA) is 46.3 Å². The van der Waals surface area contributed by atoms with E-state index in [1.807, 2.05) is 6.92 Å². The van der Waals surface area contributed by atoms with Crippen molar-refractivity contribution < 1.29 is 9.21 Å². The molecule has 0 radical (unpaired) electrons. The maximum atomic E-state index is 11.6. The summed E-state index contributed by atoms with van der Waals surface area (Å²) in [4.78, 5) is 17.5. The summed E-state index contributed by atoms with van der Waals surface area (Å²) in [5.41, 5.74) is 0.817. The number of oxazole rings is 1. The number of carbonyl (C=O) groups excluding carboxylic acids is 1. The van der Waals surface area contributed by atoms with E-state index in [-0.39, 0.29) is 5.91 Å². The zero-order valence-corrected chi connectivity index (χ0v) is 8.32. The van der Waals surface area contributed by atoms with Crippen LogP contribution in [0, 0.1) is 6.92 Å². The second kappa shape index (κ2) is 3.82. The Kier molecular flexibility index (Phi) is 2.52. The molecule has 1 amide bonds. The Morgan fingerprint density at radius 3 is 3.00 bits per heavy atom. The summed E-state index contributed by atoms with van der Waals surface area (Å²) in [6, 6.07) is 0.453. The van der Waals surface area contributed by atoms with Crippen LogP contribution in [0.25, 0.3) is 0 Å². The van der Waals surface area contributed by atoms with E-state index in [0.717, 1.165) is 31.5 Å². The van der Waals surface area contributed by atoms with Gasteiger partial charge in [0.05, 0.1) is 5.69 Å². The Labute approximate surface area is 82.9 Å². The minimum absolute atomic E-state index is 0.129. The third-order valence-electron chi connectivity index (χ3n) is 2.41. The van der Waals surface area contributed by atoms with Crippen molar-refractivity contribution in [1.82, 2.24) is 4.98 Å². The standard InChI is InChI=1S/C10H14N2O2/c1-8-7-14-10(11-8)12-6-4-2-3-5-9(12)13/h7H,2-6H2,1H3. The number of rotatable bonds is 1. The molecule has 14 heavy (non-hydrogen) atoms. The van der Waals surface area contributed by atoms with Crippen molar-refractivity contribution in [2.75, 3.05) is 11.4 Å². The molecule has 0 spiro atoms. The molecule has 1 fully saturated rings. The van der Waals surface area contributed by atoms with Gasteiger partial charge in [-0.05, 0) is 19.8 Å². The first-order chi connectivity index (χ1) is 6.77. The van der Waals surface area contributed by atoms with Crippen molar-refractivity contribution in [3.8, 4) is 0 Å². The molecule has 1 aliphatic heterocycles. The van der Waals surface area contributed by atoms with E-state index < -0.39 is 0 Å². The van der Waals surface area contributed by atoms with Crippen LogP contribution in [0.4, 0.5) is 6.01 Å². The van der Waals surface area contributed by atoms with Crippen LogP contribution < -0.4 is 4.90 Å². The summed E-state index contributed by atoms with van der Waals surface area (Å²) in [7, 11) is 0. The normalized spacial score (nSPS) is 18.4. The second-order valence-electron chi connectivity index (χ2n) is 3.63. The Bertz CT molecular complexity index is 333. The predicted molar refractivity (Wildman–Crippen MR) is 52.1 cm³/mol. The lowest BCUT2D eigenvalue weighted by molar-refractivity contribution is -0.118. The largest absolute Gasteiger partial charge is 0.431 e. The van der Waals surface area contributed by atoms with Crippen LogP contribution >= 0.6 is 0 Å². The summed E-state index contributed by atoms with van der Waals surface area (Å²) < 4.78 is 5.22. The Balaban J connectivity index is 2.18. The van der Waals surface area contributed by atoms with E-state index in [1.54, 1.807) is 11.2 Å². The Hall–Kier alpha value is -1.32.